The van der Waals surface area contributed by atoms with Crippen LogP contribution in [0.1, 0.15) is 28.9 Å². The molecule has 1 saturated heterocycles. The van der Waals surface area contributed by atoms with E-state index in [4.69, 9.17) is 25.8 Å². The third-order valence-electron chi connectivity index (χ3n) is 6.22. The number of aromatic amines is 1. The van der Waals surface area contributed by atoms with Gasteiger partial charge < -0.3 is 24.5 Å². The highest BCUT2D eigenvalue weighted by molar-refractivity contribution is 6.32. The SMILES string of the molecule is COc1c(Cl)cccc1Nc1c(-c2ccnc3cnc(OC4COC4)nc23)[nH]c2c1C(=O)CCC2. The largest absolute Gasteiger partial charge is 0.493 e. The first-order valence-electron chi connectivity index (χ1n) is 11.4. The lowest BCUT2D eigenvalue weighted by atomic mass is 9.95. The van der Waals surface area contributed by atoms with Gasteiger partial charge in [-0.25, -0.2) is 4.98 Å². The van der Waals surface area contributed by atoms with Crippen LogP contribution in [0.5, 0.6) is 11.8 Å². The number of benzene rings is 1. The summed E-state index contributed by atoms with van der Waals surface area (Å²) in [4.78, 5) is 29.9. The number of ether oxygens (including phenoxy) is 3. The number of H-pyrrole nitrogens is 1. The normalized spacial score (nSPS) is 15.5. The number of nitrogens with one attached hydrogen (secondary N) is 2. The van der Waals surface area contributed by atoms with E-state index in [1.165, 1.54) is 0 Å². The predicted molar refractivity (Wildman–Crippen MR) is 131 cm³/mol. The Labute approximate surface area is 205 Å². The van der Waals surface area contributed by atoms with E-state index in [2.05, 4.69) is 25.3 Å². The summed E-state index contributed by atoms with van der Waals surface area (Å²) in [5.74, 6) is 0.581. The molecule has 35 heavy (non-hydrogen) atoms. The zero-order valence-electron chi connectivity index (χ0n) is 18.9. The van der Waals surface area contributed by atoms with Gasteiger partial charge in [-0.2, -0.15) is 4.98 Å². The molecule has 6 rings (SSSR count). The molecule has 0 amide bonds. The number of hydrogen-bond donors (Lipinski definition) is 2. The number of halogens is 1. The maximum absolute atomic E-state index is 13.1. The lowest BCUT2D eigenvalue weighted by molar-refractivity contribution is -0.0830. The molecule has 0 bridgehead atoms. The number of ketones is 1. The van der Waals surface area contributed by atoms with Gasteiger partial charge in [0, 0.05) is 23.9 Å². The van der Waals surface area contributed by atoms with Crippen molar-refractivity contribution in [3.05, 3.63) is 52.9 Å². The molecule has 4 heterocycles. The van der Waals surface area contributed by atoms with E-state index in [1.807, 2.05) is 18.2 Å². The molecule has 1 fully saturated rings. The minimum absolute atomic E-state index is 0.0597. The van der Waals surface area contributed by atoms with Crippen LogP contribution in [0.25, 0.3) is 22.3 Å². The van der Waals surface area contributed by atoms with Crippen molar-refractivity contribution in [3.8, 4) is 23.0 Å². The van der Waals surface area contributed by atoms with Gasteiger partial charge in [-0.1, -0.05) is 17.7 Å². The van der Waals surface area contributed by atoms with Crippen molar-refractivity contribution in [3.63, 3.8) is 0 Å². The molecular weight excluding hydrogens is 470 g/mol. The van der Waals surface area contributed by atoms with Gasteiger partial charge in [-0.15, -0.1) is 0 Å². The molecular formula is C25H22ClN5O4. The smallest absolute Gasteiger partial charge is 0.317 e. The second-order valence-corrected chi connectivity index (χ2v) is 8.88. The van der Waals surface area contributed by atoms with E-state index in [1.54, 1.807) is 25.6 Å². The standard InChI is InChI=1S/C25H22ClN5O4/c1-33-24-15(26)4-2-6-17(24)30-23-20-16(5-3-7-19(20)32)29-22(23)14-8-9-27-18-10-28-25(31-21(14)18)35-13-11-34-12-13/h2,4,6,8-10,13,29-30H,3,5,7,11-12H2,1H3. The zero-order valence-corrected chi connectivity index (χ0v) is 19.7. The van der Waals surface area contributed by atoms with E-state index in [-0.39, 0.29) is 17.9 Å². The third-order valence-corrected chi connectivity index (χ3v) is 6.52. The van der Waals surface area contributed by atoms with Crippen LogP contribution in [-0.4, -0.2) is 52.1 Å². The number of carbonyl (C=O) groups excluding carboxylic acids is 1. The van der Waals surface area contributed by atoms with Gasteiger partial charge in [0.15, 0.2) is 11.5 Å². The number of Topliss-reactive ketones (excluding diaryl/α,β-unsaturated/α-hetero) is 1. The summed E-state index contributed by atoms with van der Waals surface area (Å²) < 4.78 is 16.6. The van der Waals surface area contributed by atoms with Crippen LogP contribution >= 0.6 is 11.6 Å². The molecule has 10 heteroatoms. The highest BCUT2D eigenvalue weighted by atomic mass is 35.5. The number of hydrogen-bond acceptors (Lipinski definition) is 8. The quantitative estimate of drug-likeness (QED) is 0.398. The van der Waals surface area contributed by atoms with Gasteiger partial charge >= 0.3 is 6.01 Å². The molecule has 0 spiro atoms. The molecule has 3 aromatic heterocycles. The molecule has 0 saturated carbocycles. The number of fused-ring (bicyclic) bond motifs is 2. The summed E-state index contributed by atoms with van der Waals surface area (Å²) in [6.45, 7) is 1.03. The van der Waals surface area contributed by atoms with Crippen molar-refractivity contribution in [2.24, 2.45) is 0 Å². The van der Waals surface area contributed by atoms with Crippen molar-refractivity contribution < 1.29 is 19.0 Å². The number of aromatic nitrogens is 4. The molecule has 0 unspecified atom stereocenters. The molecule has 1 aromatic carbocycles. The number of carbonyl (C=O) groups is 1. The molecule has 178 valence electrons. The average molecular weight is 492 g/mol. The lowest BCUT2D eigenvalue weighted by Gasteiger charge is -2.25. The second kappa shape index (κ2) is 8.83. The Morgan fingerprint density at radius 1 is 1.20 bits per heavy atom. The zero-order chi connectivity index (χ0) is 23.9. The topological polar surface area (TPSA) is 111 Å². The van der Waals surface area contributed by atoms with E-state index < -0.39 is 0 Å². The Hall–Kier alpha value is -3.69. The van der Waals surface area contributed by atoms with Gasteiger partial charge in [0.1, 0.15) is 17.1 Å². The van der Waals surface area contributed by atoms with E-state index in [0.717, 1.165) is 29.8 Å². The lowest BCUT2D eigenvalue weighted by Crippen LogP contribution is -2.39. The van der Waals surface area contributed by atoms with Crippen LogP contribution in [0.2, 0.25) is 5.02 Å². The number of anilines is 2. The Balaban J connectivity index is 1.52. The number of nitrogens with zero attached hydrogens (tertiary/aromatic N) is 3. The maximum atomic E-state index is 13.1. The molecule has 1 aliphatic heterocycles. The van der Waals surface area contributed by atoms with Gasteiger partial charge in [0.2, 0.25) is 0 Å². The fourth-order valence-corrected chi connectivity index (χ4v) is 4.74. The number of aryl methyl sites for hydroxylation is 1. The molecule has 0 atom stereocenters. The minimum Gasteiger partial charge on any atom is -0.493 e. The molecule has 2 aliphatic rings. The van der Waals surface area contributed by atoms with Crippen molar-refractivity contribution in [1.82, 2.24) is 19.9 Å². The molecule has 2 N–H and O–H groups in total. The Kier molecular flexibility index (Phi) is 5.50. The van der Waals surface area contributed by atoms with E-state index >= 15 is 0 Å². The highest BCUT2D eigenvalue weighted by Crippen LogP contribution is 2.43. The molecule has 4 aromatic rings. The summed E-state index contributed by atoms with van der Waals surface area (Å²) in [6.07, 6.45) is 5.35. The van der Waals surface area contributed by atoms with Gasteiger partial charge in [-0.3, -0.25) is 9.78 Å². The van der Waals surface area contributed by atoms with Crippen molar-refractivity contribution in [2.75, 3.05) is 25.6 Å². The van der Waals surface area contributed by atoms with E-state index in [0.29, 0.717) is 58.4 Å². The summed E-state index contributed by atoms with van der Waals surface area (Å²) in [5, 5.41) is 3.90. The number of methoxy groups -OCH3 is 1. The van der Waals surface area contributed by atoms with Crippen LogP contribution in [0.3, 0.4) is 0 Å². The van der Waals surface area contributed by atoms with Gasteiger partial charge in [0.05, 0.1) is 54.2 Å². The van der Waals surface area contributed by atoms with E-state index in [9.17, 15) is 4.79 Å². The first kappa shape index (κ1) is 21.8. The molecule has 0 radical (unpaired) electrons. The number of rotatable bonds is 6. The summed E-state index contributed by atoms with van der Waals surface area (Å²) >= 11 is 6.36. The average Bonchev–Trinajstić information content (AvgIpc) is 3.20. The minimum atomic E-state index is -0.0597. The first-order chi connectivity index (χ1) is 17.1. The highest BCUT2D eigenvalue weighted by Gasteiger charge is 2.29. The second-order valence-electron chi connectivity index (χ2n) is 8.47. The number of pyridine rings is 1. The van der Waals surface area contributed by atoms with Crippen LogP contribution in [0.15, 0.2) is 36.7 Å². The predicted octanol–water partition coefficient (Wildman–Crippen LogP) is 4.72. The van der Waals surface area contributed by atoms with Crippen molar-refractivity contribution in [2.45, 2.75) is 25.4 Å². The van der Waals surface area contributed by atoms with Crippen LogP contribution < -0.4 is 14.8 Å². The summed E-state index contributed by atoms with van der Waals surface area (Å²) in [6, 6.07) is 7.58. The summed E-state index contributed by atoms with van der Waals surface area (Å²) in [5.41, 5.74) is 5.59. The summed E-state index contributed by atoms with van der Waals surface area (Å²) in [7, 11) is 1.56. The monoisotopic (exact) mass is 491 g/mol. The first-order valence-corrected chi connectivity index (χ1v) is 11.7. The maximum Gasteiger partial charge on any atom is 0.317 e. The van der Waals surface area contributed by atoms with Crippen LogP contribution in [0, 0.1) is 0 Å². The Bertz CT molecular complexity index is 1450. The van der Waals surface area contributed by atoms with Crippen LogP contribution in [0.4, 0.5) is 11.4 Å². The van der Waals surface area contributed by atoms with Crippen LogP contribution in [-0.2, 0) is 11.2 Å². The fraction of sp³-hybridized carbons (Fsp3) is 0.280. The van der Waals surface area contributed by atoms with Crippen molar-refractivity contribution >= 4 is 39.8 Å². The Morgan fingerprint density at radius 3 is 2.89 bits per heavy atom. The fourth-order valence-electron chi connectivity index (χ4n) is 4.49. The Morgan fingerprint density at radius 2 is 2.09 bits per heavy atom. The third kappa shape index (κ3) is 3.86. The van der Waals surface area contributed by atoms with Crippen molar-refractivity contribution in [1.29, 1.82) is 0 Å². The molecule has 9 nitrogen and oxygen atoms in total. The molecule has 1 aliphatic carbocycles. The number of para-hydroxylation sites is 1. The van der Waals surface area contributed by atoms with Gasteiger partial charge in [0.25, 0.3) is 0 Å². The van der Waals surface area contributed by atoms with Gasteiger partial charge in [-0.05, 0) is 31.0 Å².